The van der Waals surface area contributed by atoms with Crippen LogP contribution in [0.5, 0.6) is 0 Å². The molecule has 66 valence electrons. The third-order valence-corrected chi connectivity index (χ3v) is 2.19. The van der Waals surface area contributed by atoms with E-state index < -0.39 is 0 Å². The minimum atomic E-state index is 0.215. The summed E-state index contributed by atoms with van der Waals surface area (Å²) in [4.78, 5) is 7.99. The molecule has 0 radical (unpaired) electrons. The Bertz CT molecular complexity index is 468. The first kappa shape index (κ1) is 8.26. The summed E-state index contributed by atoms with van der Waals surface area (Å²) in [5, 5.41) is 1.25. The Kier molecular flexibility index (Phi) is 1.81. The number of fused-ring (bicyclic) bond motifs is 1. The summed E-state index contributed by atoms with van der Waals surface area (Å²) < 4.78 is 0. The van der Waals surface area contributed by atoms with E-state index in [0.717, 1.165) is 16.5 Å². The highest BCUT2D eigenvalue weighted by atomic mass is 35.5. The molecule has 4 heteroatoms. The molecule has 0 fully saturated rings. The van der Waals surface area contributed by atoms with Crippen LogP contribution in [0.4, 0.5) is 5.95 Å². The maximum Gasteiger partial charge on any atom is 0.222 e. The molecule has 2 aromatic rings. The van der Waals surface area contributed by atoms with Crippen LogP contribution in [-0.4, -0.2) is 9.97 Å². The van der Waals surface area contributed by atoms with Crippen LogP contribution < -0.4 is 5.73 Å². The zero-order chi connectivity index (χ0) is 9.42. The average Bonchev–Trinajstić information content (AvgIpc) is 2.07. The van der Waals surface area contributed by atoms with E-state index in [4.69, 9.17) is 17.3 Å². The standard InChI is InChI=1S/C9H8ClN3/c1-5-3-2-4-6-7(5)12-9(11)13-8(6)10/h2-4H,1H3,(H2,11,12,13). The van der Waals surface area contributed by atoms with Crippen LogP contribution in [0.15, 0.2) is 18.2 Å². The molecule has 0 saturated carbocycles. The van der Waals surface area contributed by atoms with Crippen molar-refractivity contribution in [2.24, 2.45) is 0 Å². The van der Waals surface area contributed by atoms with Crippen molar-refractivity contribution < 1.29 is 0 Å². The second-order valence-electron chi connectivity index (χ2n) is 2.84. The van der Waals surface area contributed by atoms with E-state index in [9.17, 15) is 0 Å². The molecule has 0 aliphatic rings. The summed E-state index contributed by atoms with van der Waals surface area (Å²) in [5.74, 6) is 0.215. The molecule has 13 heavy (non-hydrogen) atoms. The topological polar surface area (TPSA) is 51.8 Å². The first-order chi connectivity index (χ1) is 6.18. The molecule has 1 aromatic carbocycles. The van der Waals surface area contributed by atoms with E-state index in [1.165, 1.54) is 0 Å². The lowest BCUT2D eigenvalue weighted by Gasteiger charge is -2.02. The van der Waals surface area contributed by atoms with Gasteiger partial charge in [0.2, 0.25) is 5.95 Å². The molecular weight excluding hydrogens is 186 g/mol. The monoisotopic (exact) mass is 193 g/mol. The fraction of sp³-hybridized carbons (Fsp3) is 0.111. The molecule has 0 bridgehead atoms. The number of nitrogens with two attached hydrogens (primary N) is 1. The van der Waals surface area contributed by atoms with Gasteiger partial charge in [0.25, 0.3) is 0 Å². The molecule has 0 unspecified atom stereocenters. The van der Waals surface area contributed by atoms with Gasteiger partial charge in [-0.1, -0.05) is 23.7 Å². The van der Waals surface area contributed by atoms with Crippen LogP contribution in [0.25, 0.3) is 10.9 Å². The van der Waals surface area contributed by atoms with Gasteiger partial charge in [0.05, 0.1) is 5.52 Å². The second-order valence-corrected chi connectivity index (χ2v) is 3.20. The van der Waals surface area contributed by atoms with Crippen molar-refractivity contribution in [3.63, 3.8) is 0 Å². The van der Waals surface area contributed by atoms with E-state index in [1.54, 1.807) is 0 Å². The van der Waals surface area contributed by atoms with Gasteiger partial charge in [-0.25, -0.2) is 9.97 Å². The zero-order valence-corrected chi connectivity index (χ0v) is 7.84. The Morgan fingerprint density at radius 2 is 2.08 bits per heavy atom. The van der Waals surface area contributed by atoms with Crippen molar-refractivity contribution in [2.75, 3.05) is 5.73 Å². The fourth-order valence-corrected chi connectivity index (χ4v) is 1.51. The molecule has 2 N–H and O–H groups in total. The van der Waals surface area contributed by atoms with Gasteiger partial charge < -0.3 is 5.73 Å². The lowest BCUT2D eigenvalue weighted by Crippen LogP contribution is -1.96. The van der Waals surface area contributed by atoms with E-state index in [-0.39, 0.29) is 5.95 Å². The number of hydrogen-bond donors (Lipinski definition) is 1. The molecule has 2 rings (SSSR count). The van der Waals surface area contributed by atoms with Gasteiger partial charge in [-0.05, 0) is 18.6 Å². The molecule has 0 spiro atoms. The maximum atomic E-state index is 5.90. The molecule has 1 heterocycles. The molecule has 0 aliphatic carbocycles. The minimum Gasteiger partial charge on any atom is -0.368 e. The zero-order valence-electron chi connectivity index (χ0n) is 7.08. The van der Waals surface area contributed by atoms with Crippen molar-refractivity contribution in [3.8, 4) is 0 Å². The van der Waals surface area contributed by atoms with Gasteiger partial charge in [0.15, 0.2) is 0 Å². The summed E-state index contributed by atoms with van der Waals surface area (Å²) in [6, 6.07) is 5.76. The number of hydrogen-bond acceptors (Lipinski definition) is 3. The normalized spacial score (nSPS) is 10.6. The van der Waals surface area contributed by atoms with Gasteiger partial charge in [0.1, 0.15) is 5.15 Å². The molecule has 1 aromatic heterocycles. The Hall–Kier alpha value is -1.35. The molecule has 3 nitrogen and oxygen atoms in total. The lowest BCUT2D eigenvalue weighted by atomic mass is 10.1. The van der Waals surface area contributed by atoms with Gasteiger partial charge in [-0.15, -0.1) is 0 Å². The van der Waals surface area contributed by atoms with Gasteiger partial charge in [0, 0.05) is 5.39 Å². The van der Waals surface area contributed by atoms with Crippen LogP contribution in [0, 0.1) is 6.92 Å². The van der Waals surface area contributed by atoms with E-state index >= 15 is 0 Å². The first-order valence-corrected chi connectivity index (χ1v) is 4.24. The number of aromatic nitrogens is 2. The smallest absolute Gasteiger partial charge is 0.222 e. The third-order valence-electron chi connectivity index (χ3n) is 1.90. The summed E-state index contributed by atoms with van der Waals surface area (Å²) in [5.41, 5.74) is 7.36. The van der Waals surface area contributed by atoms with Crippen molar-refractivity contribution in [1.29, 1.82) is 0 Å². The lowest BCUT2D eigenvalue weighted by molar-refractivity contribution is 1.23. The summed E-state index contributed by atoms with van der Waals surface area (Å²) in [7, 11) is 0. The van der Waals surface area contributed by atoms with E-state index in [1.807, 2.05) is 25.1 Å². The highest BCUT2D eigenvalue weighted by Crippen LogP contribution is 2.22. The quantitative estimate of drug-likeness (QED) is 0.653. The van der Waals surface area contributed by atoms with Crippen LogP contribution in [0.1, 0.15) is 5.56 Å². The predicted octanol–water partition coefficient (Wildman–Crippen LogP) is 2.17. The molecular formula is C9H8ClN3. The van der Waals surface area contributed by atoms with Crippen LogP contribution in [0.3, 0.4) is 0 Å². The van der Waals surface area contributed by atoms with Gasteiger partial charge in [-0.2, -0.15) is 0 Å². The van der Waals surface area contributed by atoms with Crippen LogP contribution in [0.2, 0.25) is 5.15 Å². The van der Waals surface area contributed by atoms with Gasteiger partial charge >= 0.3 is 0 Å². The first-order valence-electron chi connectivity index (χ1n) is 3.87. The maximum absolute atomic E-state index is 5.90. The Labute approximate surface area is 80.6 Å². The van der Waals surface area contributed by atoms with Gasteiger partial charge in [-0.3, -0.25) is 0 Å². The molecule has 0 aliphatic heterocycles. The predicted molar refractivity (Wildman–Crippen MR) is 53.7 cm³/mol. The van der Waals surface area contributed by atoms with Crippen molar-refractivity contribution in [2.45, 2.75) is 6.92 Å². The summed E-state index contributed by atoms with van der Waals surface area (Å²) in [6.45, 7) is 1.96. The number of para-hydroxylation sites is 1. The number of rotatable bonds is 0. The number of aryl methyl sites for hydroxylation is 1. The van der Waals surface area contributed by atoms with Crippen molar-refractivity contribution in [1.82, 2.24) is 9.97 Å². The number of nitrogens with zero attached hydrogens (tertiary/aromatic N) is 2. The summed E-state index contributed by atoms with van der Waals surface area (Å²) in [6.07, 6.45) is 0. The number of anilines is 1. The average molecular weight is 194 g/mol. The number of halogens is 1. The summed E-state index contributed by atoms with van der Waals surface area (Å²) >= 11 is 5.90. The van der Waals surface area contributed by atoms with Crippen LogP contribution in [-0.2, 0) is 0 Å². The molecule has 0 saturated heterocycles. The molecule has 0 atom stereocenters. The largest absolute Gasteiger partial charge is 0.368 e. The van der Waals surface area contributed by atoms with Crippen LogP contribution >= 0.6 is 11.6 Å². The number of benzene rings is 1. The number of nitrogen functional groups attached to an aromatic ring is 1. The Morgan fingerprint density at radius 3 is 2.85 bits per heavy atom. The van der Waals surface area contributed by atoms with E-state index in [0.29, 0.717) is 5.15 Å². The Balaban J connectivity index is 2.94. The second kappa shape index (κ2) is 2.85. The van der Waals surface area contributed by atoms with Crippen molar-refractivity contribution >= 4 is 28.5 Å². The fourth-order valence-electron chi connectivity index (χ4n) is 1.27. The third kappa shape index (κ3) is 1.31. The van der Waals surface area contributed by atoms with E-state index in [2.05, 4.69) is 9.97 Å². The molecule has 0 amide bonds. The van der Waals surface area contributed by atoms with Crippen molar-refractivity contribution in [3.05, 3.63) is 28.9 Å². The Morgan fingerprint density at radius 1 is 1.31 bits per heavy atom. The minimum absolute atomic E-state index is 0.215. The highest BCUT2D eigenvalue weighted by molar-refractivity contribution is 6.34. The highest BCUT2D eigenvalue weighted by Gasteiger charge is 2.04. The SMILES string of the molecule is Cc1cccc2c(Cl)nc(N)nc12.